The summed E-state index contributed by atoms with van der Waals surface area (Å²) in [6.07, 6.45) is 1.90. The van der Waals surface area contributed by atoms with E-state index in [1.165, 1.54) is 0 Å². The molecule has 3 aromatic rings. The Morgan fingerprint density at radius 1 is 0.960 bits per heavy atom. The first-order chi connectivity index (χ1) is 11.6. The Morgan fingerprint density at radius 2 is 1.52 bits per heavy atom. The van der Waals surface area contributed by atoms with Gasteiger partial charge in [-0.3, -0.25) is 0 Å². The third-order valence-corrected chi connectivity index (χ3v) is 5.92. The molecule has 0 radical (unpaired) electrons. The van der Waals surface area contributed by atoms with Crippen molar-refractivity contribution in [2.75, 3.05) is 7.05 Å². The second kappa shape index (κ2) is 7.87. The number of nitrogens with zero attached hydrogens (tertiary/aromatic N) is 1. The molecule has 0 unspecified atom stereocenters. The van der Waals surface area contributed by atoms with Gasteiger partial charge in [0, 0.05) is 18.4 Å². The molecule has 0 aliphatic carbocycles. The van der Waals surface area contributed by atoms with E-state index in [4.69, 9.17) is 0 Å². The minimum atomic E-state index is -3.61. The molecule has 2 aromatic carbocycles. The smallest absolute Gasteiger partial charge is 0.222 e. The highest BCUT2D eigenvalue weighted by atomic mass is 35.5. The summed E-state index contributed by atoms with van der Waals surface area (Å²) in [7, 11) is -1.76. The number of sulfone groups is 1. The van der Waals surface area contributed by atoms with E-state index in [1.807, 2.05) is 56.6 Å². The Hall–Kier alpha value is -2.08. The third kappa shape index (κ3) is 3.63. The molecule has 1 N–H and O–H groups in total. The van der Waals surface area contributed by atoms with Crippen molar-refractivity contribution >= 4 is 22.2 Å². The molecule has 0 aliphatic rings. The molecule has 0 amide bonds. The van der Waals surface area contributed by atoms with E-state index in [1.54, 1.807) is 28.8 Å². The van der Waals surface area contributed by atoms with Gasteiger partial charge in [-0.05, 0) is 49.4 Å². The molecule has 25 heavy (non-hydrogen) atoms. The second-order valence-corrected chi connectivity index (χ2v) is 7.50. The number of hydrogen-bond acceptors (Lipinski definition) is 3. The first-order valence-corrected chi connectivity index (χ1v) is 9.25. The fourth-order valence-corrected chi connectivity index (χ4v) is 4.51. The molecule has 1 heterocycles. The van der Waals surface area contributed by atoms with E-state index in [-0.39, 0.29) is 12.4 Å². The fourth-order valence-electron chi connectivity index (χ4n) is 2.82. The molecule has 0 atom stereocenters. The van der Waals surface area contributed by atoms with E-state index >= 15 is 0 Å². The summed E-state index contributed by atoms with van der Waals surface area (Å²) in [6.45, 7) is 2.48. The van der Waals surface area contributed by atoms with Crippen molar-refractivity contribution in [3.63, 3.8) is 0 Å². The van der Waals surface area contributed by atoms with Crippen LogP contribution >= 0.6 is 12.4 Å². The average molecular weight is 377 g/mol. The first kappa shape index (κ1) is 19.2. The number of para-hydroxylation sites is 1. The quantitative estimate of drug-likeness (QED) is 0.737. The lowest BCUT2D eigenvalue weighted by Crippen LogP contribution is -2.10. The van der Waals surface area contributed by atoms with Crippen LogP contribution in [0.2, 0.25) is 0 Å². The molecule has 0 fully saturated rings. The lowest BCUT2D eigenvalue weighted by Gasteiger charge is -2.11. The van der Waals surface area contributed by atoms with E-state index < -0.39 is 9.84 Å². The Balaban J connectivity index is 0.00000225. The van der Waals surface area contributed by atoms with Gasteiger partial charge in [-0.2, -0.15) is 0 Å². The van der Waals surface area contributed by atoms with Gasteiger partial charge >= 0.3 is 0 Å². The Labute approximate surface area is 154 Å². The van der Waals surface area contributed by atoms with Gasteiger partial charge in [0.2, 0.25) is 9.84 Å². The predicted molar refractivity (Wildman–Crippen MR) is 102 cm³/mol. The number of halogens is 1. The summed E-state index contributed by atoms with van der Waals surface area (Å²) in [5.74, 6) is 0. The Bertz CT molecular complexity index is 936. The zero-order valence-electron chi connectivity index (χ0n) is 14.1. The number of benzene rings is 2. The summed E-state index contributed by atoms with van der Waals surface area (Å²) in [5.41, 5.74) is 2.57. The molecule has 6 heteroatoms. The van der Waals surface area contributed by atoms with Crippen LogP contribution in [-0.2, 0) is 16.4 Å². The summed E-state index contributed by atoms with van der Waals surface area (Å²) < 4.78 is 28.2. The van der Waals surface area contributed by atoms with Gasteiger partial charge in [0.15, 0.2) is 0 Å². The summed E-state index contributed by atoms with van der Waals surface area (Å²) in [6, 6.07) is 18.1. The monoisotopic (exact) mass is 376 g/mol. The van der Waals surface area contributed by atoms with Crippen LogP contribution < -0.4 is 5.32 Å². The van der Waals surface area contributed by atoms with Gasteiger partial charge < -0.3 is 9.88 Å². The summed E-state index contributed by atoms with van der Waals surface area (Å²) in [4.78, 5) is 0.305. The third-order valence-electron chi connectivity index (χ3n) is 4.02. The van der Waals surface area contributed by atoms with Crippen LogP contribution in [0, 0.1) is 6.92 Å². The van der Waals surface area contributed by atoms with Crippen molar-refractivity contribution in [3.8, 4) is 5.69 Å². The molecule has 132 valence electrons. The lowest BCUT2D eigenvalue weighted by atomic mass is 10.2. The van der Waals surface area contributed by atoms with Crippen molar-refractivity contribution < 1.29 is 8.42 Å². The molecule has 4 nitrogen and oxygen atoms in total. The maximum absolute atomic E-state index is 13.2. The molecule has 0 spiro atoms. The van der Waals surface area contributed by atoms with Crippen molar-refractivity contribution in [1.29, 1.82) is 0 Å². The van der Waals surface area contributed by atoms with Crippen LogP contribution in [0.4, 0.5) is 0 Å². The van der Waals surface area contributed by atoms with E-state index in [0.29, 0.717) is 16.5 Å². The minimum Gasteiger partial charge on any atom is -0.316 e. The highest BCUT2D eigenvalue weighted by Gasteiger charge is 2.26. The first-order valence-electron chi connectivity index (χ1n) is 7.76. The van der Waals surface area contributed by atoms with E-state index in [2.05, 4.69) is 5.32 Å². The predicted octanol–water partition coefficient (Wildman–Crippen LogP) is 3.76. The highest BCUT2D eigenvalue weighted by molar-refractivity contribution is 7.91. The molecule has 0 aliphatic heterocycles. The van der Waals surface area contributed by atoms with Crippen LogP contribution in [0.15, 0.2) is 76.8 Å². The molecule has 1 aromatic heterocycles. The SMILES string of the molecule is CNCc1cn(-c2ccccc2)c(S(=O)(=O)c2ccccc2)c1C.Cl. The topological polar surface area (TPSA) is 51.1 Å². The number of aromatic nitrogens is 1. The van der Waals surface area contributed by atoms with Crippen LogP contribution in [0.1, 0.15) is 11.1 Å². The minimum absolute atomic E-state index is 0. The fraction of sp³-hybridized carbons (Fsp3) is 0.158. The van der Waals surface area contributed by atoms with Gasteiger partial charge in [0.05, 0.1) is 4.90 Å². The van der Waals surface area contributed by atoms with E-state index in [9.17, 15) is 8.42 Å². The molecule has 0 saturated carbocycles. The van der Waals surface area contributed by atoms with Crippen molar-refractivity contribution in [2.24, 2.45) is 0 Å². The van der Waals surface area contributed by atoms with Gasteiger partial charge in [-0.15, -0.1) is 12.4 Å². The zero-order valence-corrected chi connectivity index (χ0v) is 15.8. The molecular formula is C19H21ClN2O2S. The van der Waals surface area contributed by atoms with Gasteiger partial charge in [-0.1, -0.05) is 36.4 Å². The molecule has 0 saturated heterocycles. The average Bonchev–Trinajstić information content (AvgIpc) is 2.94. The molecule has 3 rings (SSSR count). The van der Waals surface area contributed by atoms with Crippen molar-refractivity contribution in [3.05, 3.63) is 78.0 Å². The number of nitrogens with one attached hydrogen (secondary N) is 1. The van der Waals surface area contributed by atoms with E-state index in [0.717, 1.165) is 16.8 Å². The maximum Gasteiger partial charge on any atom is 0.222 e. The number of hydrogen-bond donors (Lipinski definition) is 1. The van der Waals surface area contributed by atoms with Crippen LogP contribution in [0.25, 0.3) is 5.69 Å². The van der Waals surface area contributed by atoms with Gasteiger partial charge in [0.1, 0.15) is 5.03 Å². The lowest BCUT2D eigenvalue weighted by molar-refractivity contribution is 0.589. The maximum atomic E-state index is 13.2. The van der Waals surface area contributed by atoms with Gasteiger partial charge in [0.25, 0.3) is 0 Å². The van der Waals surface area contributed by atoms with Gasteiger partial charge in [-0.25, -0.2) is 8.42 Å². The van der Waals surface area contributed by atoms with Crippen LogP contribution in [-0.4, -0.2) is 20.0 Å². The molecule has 0 bridgehead atoms. The summed E-state index contributed by atoms with van der Waals surface area (Å²) in [5, 5.41) is 3.42. The molecular weight excluding hydrogens is 356 g/mol. The standard InChI is InChI=1S/C19H20N2O2S.ClH/c1-15-16(13-20-2)14-21(17-9-5-3-6-10-17)19(15)24(22,23)18-11-7-4-8-12-18;/h3-12,14,20H,13H2,1-2H3;1H. The van der Waals surface area contributed by atoms with Crippen molar-refractivity contribution in [1.82, 2.24) is 9.88 Å². The van der Waals surface area contributed by atoms with Crippen LogP contribution in [0.5, 0.6) is 0 Å². The Kier molecular flexibility index (Phi) is 6.06. The highest BCUT2D eigenvalue weighted by Crippen LogP contribution is 2.30. The largest absolute Gasteiger partial charge is 0.316 e. The number of rotatable bonds is 5. The van der Waals surface area contributed by atoms with Crippen LogP contribution in [0.3, 0.4) is 0 Å². The second-order valence-electron chi connectivity index (χ2n) is 5.64. The van der Waals surface area contributed by atoms with Crippen molar-refractivity contribution in [2.45, 2.75) is 23.4 Å². The summed E-state index contributed by atoms with van der Waals surface area (Å²) >= 11 is 0. The zero-order chi connectivity index (χ0) is 17.2. The normalized spacial score (nSPS) is 11.1. The Morgan fingerprint density at radius 3 is 2.08 bits per heavy atom.